The van der Waals surface area contributed by atoms with Gasteiger partial charge in [0.25, 0.3) is 27.8 Å². The second-order valence-electron chi connectivity index (χ2n) is 29.4. The molecule has 0 spiro atoms. The second kappa shape index (κ2) is 35.7. The van der Waals surface area contributed by atoms with Crippen molar-refractivity contribution in [3.8, 4) is 0 Å². The van der Waals surface area contributed by atoms with E-state index in [1.807, 2.05) is 0 Å². The van der Waals surface area contributed by atoms with Crippen molar-refractivity contribution in [1.29, 1.82) is 0 Å². The number of aliphatic hydroxyl groups excluding tert-OH is 1. The fraction of sp³-hybridized carbons (Fsp3) is 0.533. The lowest BCUT2D eigenvalue weighted by atomic mass is 10.2. The van der Waals surface area contributed by atoms with E-state index in [-0.39, 0.29) is 74.0 Å². The normalized spacial score (nSPS) is 28.8. The minimum atomic E-state index is -5.68. The summed E-state index contributed by atoms with van der Waals surface area (Å²) in [5, 5.41) is 10.9. The molecule has 16 rings (SSSR count). The second-order valence-corrected chi connectivity index (χ2v) is 37.7. The number of aryl methyl sites for hydroxylation is 2. The van der Waals surface area contributed by atoms with E-state index >= 15 is 0 Å². The van der Waals surface area contributed by atoms with Crippen LogP contribution >= 0.6 is 46.9 Å². The Morgan fingerprint density at radius 3 is 0.953 bits per heavy atom. The van der Waals surface area contributed by atoms with Crippen molar-refractivity contribution in [2.75, 3.05) is 62.6 Å². The van der Waals surface area contributed by atoms with Crippen molar-refractivity contribution in [1.82, 2.24) is 97.2 Å². The van der Waals surface area contributed by atoms with Crippen LogP contribution in [0.5, 0.6) is 0 Å². The number of hydrogen-bond acceptors (Lipinski definition) is 44. The number of phosphoric acid groups is 6. The Morgan fingerprint density at radius 2 is 0.633 bits per heavy atom. The van der Waals surface area contributed by atoms with Gasteiger partial charge in [-0.25, -0.2) is 66.9 Å². The molecule has 0 radical (unpaired) electrons. The molecule has 0 aromatic carbocycles. The van der Waals surface area contributed by atoms with E-state index in [0.717, 1.165) is 49.8 Å². The third-order valence-corrected chi connectivity index (χ3v) is 26.3. The number of rotatable bonds is 34. The molecule has 128 heavy (non-hydrogen) atoms. The Labute approximate surface area is 708 Å². The molecule has 10 aromatic rings. The molecule has 0 saturated carbocycles. The van der Waals surface area contributed by atoms with Gasteiger partial charge in [-0.15, -0.1) is 0 Å². The number of aromatic nitrogens is 20. The summed E-state index contributed by atoms with van der Waals surface area (Å²) in [6.45, 7) is -3.61. The first-order valence-corrected chi connectivity index (χ1v) is 46.7. The van der Waals surface area contributed by atoms with Crippen molar-refractivity contribution in [3.63, 3.8) is 0 Å². The zero-order valence-electron chi connectivity index (χ0n) is 65.4. The fourth-order valence-corrected chi connectivity index (χ4v) is 20.0. The molecule has 694 valence electrons. The molecule has 10 aromatic heterocycles. The molecule has 21 N–H and O–H groups in total. The first kappa shape index (κ1) is 91.8. The lowest BCUT2D eigenvalue weighted by Gasteiger charge is -2.26. The van der Waals surface area contributed by atoms with Crippen molar-refractivity contribution < 1.29 is 145 Å². The minimum Gasteiger partial charge on any atom is -0.390 e. The Morgan fingerprint density at radius 1 is 0.359 bits per heavy atom. The van der Waals surface area contributed by atoms with Gasteiger partial charge in [-0.2, -0.15) is 15.0 Å². The van der Waals surface area contributed by atoms with E-state index in [1.54, 1.807) is 0 Å². The summed E-state index contributed by atoms with van der Waals surface area (Å²) in [5.74, 6) is -1.28. The lowest BCUT2D eigenvalue weighted by Crippen LogP contribution is -2.33. The Hall–Kier alpha value is -9.46. The van der Waals surface area contributed by atoms with E-state index in [0.29, 0.717) is 0 Å². The van der Waals surface area contributed by atoms with E-state index in [9.17, 15) is 100 Å². The smallest absolute Gasteiger partial charge is 0.390 e. The van der Waals surface area contributed by atoms with Crippen molar-refractivity contribution in [2.45, 2.75) is 163 Å². The van der Waals surface area contributed by atoms with E-state index in [1.165, 1.54) is 35.5 Å². The molecule has 0 amide bonds. The quantitative estimate of drug-likeness (QED) is 0.0179. The molecule has 6 aliphatic heterocycles. The number of fused-ring (bicyclic) bond motifs is 4. The van der Waals surface area contributed by atoms with Gasteiger partial charge in [0.1, 0.15) is 116 Å². The molecule has 6 aliphatic rings. The summed E-state index contributed by atoms with van der Waals surface area (Å²) in [6, 6.07) is 0. The number of phosphoric ester groups is 6. The highest BCUT2D eigenvalue weighted by molar-refractivity contribution is 7.48. The number of nitrogens with zero attached hydrogens (tertiary/aromatic N) is 15. The van der Waals surface area contributed by atoms with Crippen LogP contribution in [-0.2, 0) is 106 Å². The van der Waals surface area contributed by atoms with Crippen LogP contribution in [0.3, 0.4) is 0 Å². The molecule has 6 fully saturated rings. The molecule has 0 bridgehead atoms. The van der Waals surface area contributed by atoms with Gasteiger partial charge in [0.05, 0.1) is 71.1 Å². The molecule has 6 saturated heterocycles. The van der Waals surface area contributed by atoms with Crippen LogP contribution in [0, 0.1) is 13.8 Å². The fourth-order valence-electron chi connectivity index (χ4n) is 14.9. The summed E-state index contributed by atoms with van der Waals surface area (Å²) in [7, 11) is -33.1. The maximum atomic E-state index is 14.6. The van der Waals surface area contributed by atoms with Gasteiger partial charge in [0, 0.05) is 62.0 Å². The van der Waals surface area contributed by atoms with Crippen molar-refractivity contribution in [3.05, 3.63) is 128 Å². The summed E-state index contributed by atoms with van der Waals surface area (Å²) >= 11 is 0. The Balaban J connectivity index is 0.620. The number of nitrogen functional groups attached to an aromatic ring is 4. The SMILES string of the molecule is Cc1cn([C@H]2C[C@H](OP(=O)(O)OC[C@H]3O[C@@H](n4cc(C)c(=O)[nH]c4=O)C[C@@H]3O)[C@@H](COP(=O)(O)O[C@H]3C[C@H](n4cnc5c(N)ncnc54)O[C@@H]3COP(=O)(O)O[C@H]3C[C@H](n4cnc5c(=O)[nH]c(N)nc54)O[C@@H]3COP(=O)(O)O[C@H]3C[C@H](n4cnc5c(=O)[nH]c(N)nc54)O[C@@H]3COP(=O)(O)O[C@H]3C[C@H](n4cnc5c(=O)[nH]c(N)nc54)O[C@@H]3COP(=O)(O)O)O2)c(=O)[nH]c1=O. The molecule has 5 unspecified atom stereocenters. The van der Waals surface area contributed by atoms with Gasteiger partial charge in [-0.1, -0.05) is 0 Å². The van der Waals surface area contributed by atoms with E-state index in [2.05, 4.69) is 74.3 Å². The van der Waals surface area contributed by atoms with Crippen LogP contribution in [0.1, 0.15) is 87.0 Å². The number of aromatic amines is 5. The summed E-state index contributed by atoms with van der Waals surface area (Å²) in [4.78, 5) is 214. The Kier molecular flexibility index (Phi) is 25.6. The molecular weight excluding hydrogens is 1850 g/mol. The van der Waals surface area contributed by atoms with E-state index < -0.39 is 280 Å². The number of nitrogens with two attached hydrogens (primary N) is 4. The van der Waals surface area contributed by atoms with Crippen LogP contribution < -0.4 is 62.1 Å². The van der Waals surface area contributed by atoms with Crippen molar-refractivity contribution in [2.24, 2.45) is 0 Å². The topological polar surface area (TPSA) is 869 Å². The van der Waals surface area contributed by atoms with Crippen LogP contribution in [0.2, 0.25) is 0 Å². The Bertz CT molecular complexity index is 6690. The molecular formula is C60H76N24O38P6. The van der Waals surface area contributed by atoms with E-state index in [4.69, 9.17) is 96.6 Å². The summed E-state index contributed by atoms with van der Waals surface area (Å²) < 4.78 is 186. The number of aliphatic hydroxyl groups is 1. The number of nitrogens with one attached hydrogen (secondary N) is 5. The lowest BCUT2D eigenvalue weighted by molar-refractivity contribution is -0.0644. The van der Waals surface area contributed by atoms with Gasteiger partial charge >= 0.3 is 58.3 Å². The first-order chi connectivity index (χ1) is 60.3. The first-order valence-electron chi connectivity index (χ1n) is 37.7. The monoisotopic (exact) mass is 1930 g/mol. The molecule has 68 heteroatoms. The number of H-pyrrole nitrogens is 5. The summed E-state index contributed by atoms with van der Waals surface area (Å²) in [6.07, 6.45) is -23.7. The maximum absolute atomic E-state index is 14.6. The predicted molar refractivity (Wildman–Crippen MR) is 418 cm³/mol. The van der Waals surface area contributed by atoms with Crippen molar-refractivity contribution >= 4 is 115 Å². The number of imidazole rings is 4. The van der Waals surface area contributed by atoms with Gasteiger partial charge in [0.2, 0.25) is 17.8 Å². The predicted octanol–water partition coefficient (Wildman–Crippen LogP) is -3.02. The number of ether oxygens (including phenoxy) is 6. The van der Waals surface area contributed by atoms with Gasteiger partial charge in [-0.3, -0.25) is 126 Å². The highest BCUT2D eigenvalue weighted by atomic mass is 31.2. The average Bonchev–Trinajstić information content (AvgIpc) is 1.63. The summed E-state index contributed by atoms with van der Waals surface area (Å²) in [5.41, 5.74) is 16.6. The zero-order chi connectivity index (χ0) is 91.3. The highest BCUT2D eigenvalue weighted by Gasteiger charge is 2.52. The third-order valence-electron chi connectivity index (χ3n) is 20.8. The van der Waals surface area contributed by atoms with Crippen LogP contribution in [-0.4, -0.2) is 249 Å². The third kappa shape index (κ3) is 20.2. The maximum Gasteiger partial charge on any atom is 0.472 e. The minimum absolute atomic E-state index is 0.0131. The number of hydrogen-bond donors (Lipinski definition) is 17. The largest absolute Gasteiger partial charge is 0.472 e. The molecule has 62 nitrogen and oxygen atoms in total. The van der Waals surface area contributed by atoms with Crippen LogP contribution in [0.4, 0.5) is 23.7 Å². The van der Waals surface area contributed by atoms with Gasteiger partial charge in [-0.05, 0) is 13.8 Å². The van der Waals surface area contributed by atoms with Crippen LogP contribution in [0.25, 0.3) is 44.7 Å². The highest BCUT2D eigenvalue weighted by Crippen LogP contribution is 2.57. The average molecular weight is 1930 g/mol. The van der Waals surface area contributed by atoms with Gasteiger partial charge < -0.3 is 90.7 Å². The molecule has 23 atom stereocenters. The standard InChI is InChI=1S/C60H76N24O38P6/c1-22-9-79(59(91)77-51(22)86)36-3-24(85)30(112-36)11-107-124(96,97)118-25-4-37(80-10-23(2)52(87)78-60(80)92)113-32(25)13-108-126(100,101)120-27-5-38(81-18-67-42-46(61)65-17-66-47(42)81)115-33(27)14-109-127(102,103)121-29-8-41(84-21-70-45-50(84)73-58(64)76-55(45)90)117-35(29)16-111-128(104,105)122-28-7-40(83-20-69-44-49(83)72-57(63)75-54(44)89)116-34(28)15-110-125(98,99)119-26-6-39(114-31(26)12-106-123(93,94)95)82-19-68-43-48(82)71-56(62)74-53(43)88/h9-10,17-21,24-41,85H,3-8,11-16H2,1-2H3,(H,96,97)(H,98,99)(H,100,101)(H,102,103)(H,104,105)(H2,61,65,66)(H,77,86,91)(H,78,87,92)(H2,93,94,95)(H3,62,71,74,88)(H3,63,72,75,89)(H3,64,73,76,90)/t24-,25-,26-,27-,28-,29-,30+,31+,32+,33+,34+,35+,36+,37+,38+,39+,40+,41+/m0/s1. The molecule has 16 heterocycles. The van der Waals surface area contributed by atoms with Crippen LogP contribution in [0.15, 0.2) is 77.6 Å². The molecule has 0 aliphatic carbocycles. The number of anilines is 4. The van der Waals surface area contributed by atoms with Gasteiger partial charge in [0.15, 0.2) is 45.0 Å². The zero-order valence-corrected chi connectivity index (χ0v) is 70.8.